The Morgan fingerprint density at radius 2 is 1.52 bits per heavy atom. The highest BCUT2D eigenvalue weighted by Crippen LogP contribution is 2.33. The molecule has 0 unspecified atom stereocenters. The van der Waals surface area contributed by atoms with Crippen LogP contribution >= 0.6 is 0 Å². The molecule has 3 rings (SSSR count). The van der Waals surface area contributed by atoms with Gasteiger partial charge in [0.2, 0.25) is 0 Å². The van der Waals surface area contributed by atoms with Crippen LogP contribution in [-0.4, -0.2) is 34.5 Å². The van der Waals surface area contributed by atoms with Gasteiger partial charge in [-0.15, -0.1) is 0 Å². The molecular weight excluding hydrogens is 375 g/mol. The monoisotopic (exact) mass is 398 g/mol. The van der Waals surface area contributed by atoms with Crippen LogP contribution in [0.3, 0.4) is 0 Å². The van der Waals surface area contributed by atoms with Crippen molar-refractivity contribution in [3.8, 4) is 0 Å². The van der Waals surface area contributed by atoms with Crippen molar-refractivity contribution in [2.24, 2.45) is 0 Å². The zero-order valence-corrected chi connectivity index (χ0v) is 16.7. The molecule has 0 saturated heterocycles. The van der Waals surface area contributed by atoms with Crippen LogP contribution in [0.2, 0.25) is 0 Å². The summed E-state index contributed by atoms with van der Waals surface area (Å²) >= 11 is 0. The summed E-state index contributed by atoms with van der Waals surface area (Å²) in [6.45, 7) is 6.87. The van der Waals surface area contributed by atoms with Crippen molar-refractivity contribution in [2.45, 2.75) is 45.4 Å². The molecule has 0 radical (unpaired) electrons. The van der Waals surface area contributed by atoms with E-state index in [4.69, 9.17) is 4.74 Å². The van der Waals surface area contributed by atoms with E-state index in [9.17, 15) is 18.8 Å². The molecule has 0 fully saturated rings. The fourth-order valence-electron chi connectivity index (χ4n) is 3.35. The van der Waals surface area contributed by atoms with Gasteiger partial charge in [-0.1, -0.05) is 24.3 Å². The molecule has 0 aliphatic carbocycles. The van der Waals surface area contributed by atoms with Gasteiger partial charge in [0.1, 0.15) is 11.4 Å². The number of benzene rings is 2. The van der Waals surface area contributed by atoms with Gasteiger partial charge in [-0.25, -0.2) is 9.18 Å². The first kappa shape index (κ1) is 20.5. The number of amides is 3. The Balaban J connectivity index is 1.96. The summed E-state index contributed by atoms with van der Waals surface area (Å²) in [5.41, 5.74) is 0.414. The van der Waals surface area contributed by atoms with Gasteiger partial charge in [-0.05, 0) is 57.5 Å². The number of hydrogen-bond donors (Lipinski definition) is 1. The first-order chi connectivity index (χ1) is 13.6. The van der Waals surface area contributed by atoms with Crippen molar-refractivity contribution in [2.75, 3.05) is 0 Å². The van der Waals surface area contributed by atoms with Crippen LogP contribution in [0.1, 0.15) is 60.0 Å². The van der Waals surface area contributed by atoms with E-state index in [1.165, 1.54) is 24.3 Å². The van der Waals surface area contributed by atoms with Gasteiger partial charge >= 0.3 is 6.09 Å². The smallest absolute Gasteiger partial charge is 0.407 e. The quantitative estimate of drug-likeness (QED) is 0.788. The Bertz CT molecular complexity index is 915. The second-order valence-corrected chi connectivity index (χ2v) is 7.96. The molecule has 2 aromatic rings. The first-order valence-corrected chi connectivity index (χ1v) is 9.30. The molecule has 2 atom stereocenters. The van der Waals surface area contributed by atoms with E-state index in [0.29, 0.717) is 16.7 Å². The summed E-state index contributed by atoms with van der Waals surface area (Å²) in [4.78, 5) is 39.4. The van der Waals surface area contributed by atoms with Crippen molar-refractivity contribution in [1.29, 1.82) is 0 Å². The van der Waals surface area contributed by atoms with E-state index in [0.717, 1.165) is 4.90 Å². The van der Waals surface area contributed by atoms with Crippen LogP contribution in [0.4, 0.5) is 9.18 Å². The highest BCUT2D eigenvalue weighted by molar-refractivity contribution is 6.21. The van der Waals surface area contributed by atoms with E-state index in [1.54, 1.807) is 52.0 Å². The Labute approximate surface area is 168 Å². The average Bonchev–Trinajstić information content (AvgIpc) is 2.87. The van der Waals surface area contributed by atoms with Crippen LogP contribution in [0.25, 0.3) is 0 Å². The van der Waals surface area contributed by atoms with Crippen LogP contribution in [0.5, 0.6) is 0 Å². The minimum Gasteiger partial charge on any atom is -0.444 e. The number of carbonyl (C=O) groups is 3. The average molecular weight is 398 g/mol. The summed E-state index contributed by atoms with van der Waals surface area (Å²) in [6.07, 6.45) is -0.672. The molecule has 1 aliphatic rings. The second kappa shape index (κ2) is 7.66. The Morgan fingerprint density at radius 3 is 2.00 bits per heavy atom. The number of nitrogens with zero attached hydrogens (tertiary/aromatic N) is 1. The van der Waals surface area contributed by atoms with Gasteiger partial charge in [-0.2, -0.15) is 0 Å². The van der Waals surface area contributed by atoms with Crippen LogP contribution in [-0.2, 0) is 4.74 Å². The van der Waals surface area contributed by atoms with Gasteiger partial charge in [0.25, 0.3) is 11.8 Å². The Hall–Kier alpha value is -3.22. The van der Waals surface area contributed by atoms with Crippen molar-refractivity contribution < 1.29 is 23.5 Å². The van der Waals surface area contributed by atoms with E-state index < -0.39 is 41.4 Å². The maximum atomic E-state index is 13.5. The zero-order valence-electron chi connectivity index (χ0n) is 16.7. The first-order valence-electron chi connectivity index (χ1n) is 9.30. The second-order valence-electron chi connectivity index (χ2n) is 7.96. The third-order valence-electron chi connectivity index (χ3n) is 4.53. The van der Waals surface area contributed by atoms with E-state index in [-0.39, 0.29) is 0 Å². The Kier molecular flexibility index (Phi) is 5.42. The molecule has 0 bridgehead atoms. The van der Waals surface area contributed by atoms with E-state index >= 15 is 0 Å². The van der Waals surface area contributed by atoms with Crippen molar-refractivity contribution in [3.63, 3.8) is 0 Å². The van der Waals surface area contributed by atoms with Gasteiger partial charge in [-0.3, -0.25) is 14.5 Å². The highest BCUT2D eigenvalue weighted by atomic mass is 19.1. The predicted molar refractivity (Wildman–Crippen MR) is 105 cm³/mol. The van der Waals surface area contributed by atoms with E-state index in [1.807, 2.05) is 0 Å². The fraction of sp³-hybridized carbons (Fsp3) is 0.318. The summed E-state index contributed by atoms with van der Waals surface area (Å²) in [5, 5.41) is 2.69. The molecule has 0 aromatic heterocycles. The lowest BCUT2D eigenvalue weighted by atomic mass is 9.98. The minimum absolute atomic E-state index is 0.300. The molecule has 29 heavy (non-hydrogen) atoms. The lowest BCUT2D eigenvalue weighted by Crippen LogP contribution is -2.48. The lowest BCUT2D eigenvalue weighted by Gasteiger charge is -2.32. The lowest BCUT2D eigenvalue weighted by molar-refractivity contribution is 0.0419. The number of imide groups is 1. The fourth-order valence-corrected chi connectivity index (χ4v) is 3.35. The number of rotatable bonds is 4. The third-order valence-corrected chi connectivity index (χ3v) is 4.53. The van der Waals surface area contributed by atoms with Gasteiger partial charge < -0.3 is 10.1 Å². The zero-order chi connectivity index (χ0) is 21.3. The number of carbonyl (C=O) groups excluding carboxylic acids is 3. The molecule has 2 aromatic carbocycles. The van der Waals surface area contributed by atoms with Gasteiger partial charge in [0, 0.05) is 0 Å². The van der Waals surface area contributed by atoms with Gasteiger partial charge in [0.05, 0.1) is 23.2 Å². The summed E-state index contributed by atoms with van der Waals surface area (Å²) in [7, 11) is 0. The minimum atomic E-state index is -0.837. The molecule has 0 saturated carbocycles. The maximum absolute atomic E-state index is 13.5. The molecular formula is C22H23FN2O4. The molecule has 152 valence electrons. The molecule has 6 nitrogen and oxygen atoms in total. The standard InChI is InChI=1S/C22H23FN2O4/c1-13(24-21(28)29-22(2,3)4)18(14-9-11-15(23)12-10-14)25-19(26)16-7-5-6-8-17(16)20(25)27/h5-13,18H,1-4H3,(H,24,28)/t13-,18-/m0/s1. The summed E-state index contributed by atoms with van der Waals surface area (Å²) < 4.78 is 18.7. The number of hydrogen-bond acceptors (Lipinski definition) is 4. The molecule has 0 spiro atoms. The molecule has 3 amide bonds. The molecule has 7 heteroatoms. The number of nitrogens with one attached hydrogen (secondary N) is 1. The molecule has 1 N–H and O–H groups in total. The molecule has 1 heterocycles. The number of halogens is 1. The van der Waals surface area contributed by atoms with Crippen molar-refractivity contribution in [1.82, 2.24) is 10.2 Å². The van der Waals surface area contributed by atoms with Gasteiger partial charge in [0.15, 0.2) is 0 Å². The van der Waals surface area contributed by atoms with Crippen LogP contribution in [0.15, 0.2) is 48.5 Å². The molecule has 1 aliphatic heterocycles. The number of ether oxygens (including phenoxy) is 1. The summed E-state index contributed by atoms with van der Waals surface area (Å²) in [6, 6.07) is 10.5. The van der Waals surface area contributed by atoms with Crippen LogP contribution in [0, 0.1) is 5.82 Å². The van der Waals surface area contributed by atoms with Crippen LogP contribution < -0.4 is 5.32 Å². The number of alkyl carbamates (subject to hydrolysis) is 1. The largest absolute Gasteiger partial charge is 0.444 e. The summed E-state index contributed by atoms with van der Waals surface area (Å²) in [5.74, 6) is -1.36. The highest BCUT2D eigenvalue weighted by Gasteiger charge is 2.43. The van der Waals surface area contributed by atoms with Crippen molar-refractivity contribution >= 4 is 17.9 Å². The van der Waals surface area contributed by atoms with Crippen molar-refractivity contribution in [3.05, 3.63) is 71.0 Å². The normalized spacial score (nSPS) is 15.7. The predicted octanol–water partition coefficient (Wildman–Crippen LogP) is 4.08. The third kappa shape index (κ3) is 4.29. The van der Waals surface area contributed by atoms with E-state index in [2.05, 4.69) is 5.32 Å². The topological polar surface area (TPSA) is 75.7 Å². The Morgan fingerprint density at radius 1 is 1.00 bits per heavy atom. The SMILES string of the molecule is C[C@H](NC(=O)OC(C)(C)C)[C@@H](c1ccc(F)cc1)N1C(=O)c2ccccc2C1=O. The maximum Gasteiger partial charge on any atom is 0.407 e. The number of fused-ring (bicyclic) bond motifs is 1.